The van der Waals surface area contributed by atoms with Gasteiger partial charge in [0.05, 0.1) is 17.2 Å². The van der Waals surface area contributed by atoms with Crippen LogP contribution in [0.2, 0.25) is 0 Å². The lowest BCUT2D eigenvalue weighted by Gasteiger charge is -2.22. The molecule has 0 heterocycles. The van der Waals surface area contributed by atoms with E-state index in [4.69, 9.17) is 22.7 Å². The highest BCUT2D eigenvalue weighted by Crippen LogP contribution is 2.19. The van der Waals surface area contributed by atoms with Crippen molar-refractivity contribution in [3.63, 3.8) is 0 Å². The molecule has 0 aliphatic carbocycles. The SMILES string of the molecule is COCCN(CCC(N)=S)C(=O)c1cc(F)ccc1Br. The van der Waals surface area contributed by atoms with Crippen LogP contribution in [0.15, 0.2) is 22.7 Å². The molecule has 7 heteroatoms. The van der Waals surface area contributed by atoms with Crippen LogP contribution in [0.4, 0.5) is 4.39 Å². The van der Waals surface area contributed by atoms with E-state index in [1.165, 1.54) is 18.2 Å². The number of hydrogen-bond donors (Lipinski definition) is 1. The van der Waals surface area contributed by atoms with Gasteiger partial charge in [-0.2, -0.15) is 0 Å². The van der Waals surface area contributed by atoms with Crippen LogP contribution >= 0.6 is 28.1 Å². The fourth-order valence-corrected chi connectivity index (χ4v) is 2.10. The van der Waals surface area contributed by atoms with Crippen molar-refractivity contribution in [2.24, 2.45) is 5.73 Å². The van der Waals surface area contributed by atoms with Crippen molar-refractivity contribution < 1.29 is 13.9 Å². The van der Waals surface area contributed by atoms with Crippen LogP contribution in [0.5, 0.6) is 0 Å². The number of nitrogens with zero attached hydrogens (tertiary/aromatic N) is 1. The predicted molar refractivity (Wildman–Crippen MR) is 83.3 cm³/mol. The number of halogens is 2. The van der Waals surface area contributed by atoms with Gasteiger partial charge in [0.25, 0.3) is 5.91 Å². The van der Waals surface area contributed by atoms with Crippen LogP contribution in [0.1, 0.15) is 16.8 Å². The Kier molecular flexibility index (Phi) is 7.04. The van der Waals surface area contributed by atoms with Gasteiger partial charge in [0, 0.05) is 31.1 Å². The zero-order valence-electron chi connectivity index (χ0n) is 11.1. The second kappa shape index (κ2) is 8.28. The molecule has 110 valence electrons. The molecule has 0 radical (unpaired) electrons. The van der Waals surface area contributed by atoms with Gasteiger partial charge in [-0.25, -0.2) is 4.39 Å². The van der Waals surface area contributed by atoms with Crippen molar-refractivity contribution >= 4 is 39.0 Å². The minimum absolute atomic E-state index is 0.268. The second-order valence-electron chi connectivity index (χ2n) is 4.13. The molecule has 1 amide bonds. The first-order valence-corrected chi connectivity index (χ1v) is 7.17. The van der Waals surface area contributed by atoms with Crippen molar-refractivity contribution in [1.82, 2.24) is 4.90 Å². The molecule has 20 heavy (non-hydrogen) atoms. The first kappa shape index (κ1) is 17.0. The molecule has 1 rings (SSSR count). The lowest BCUT2D eigenvalue weighted by Crippen LogP contribution is -2.36. The van der Waals surface area contributed by atoms with Gasteiger partial charge in [0.2, 0.25) is 0 Å². The van der Waals surface area contributed by atoms with Gasteiger partial charge in [-0.05, 0) is 34.1 Å². The molecule has 0 bridgehead atoms. The number of nitrogens with two attached hydrogens (primary N) is 1. The van der Waals surface area contributed by atoms with Crippen molar-refractivity contribution in [3.8, 4) is 0 Å². The van der Waals surface area contributed by atoms with Gasteiger partial charge in [-0.3, -0.25) is 4.79 Å². The van der Waals surface area contributed by atoms with Gasteiger partial charge in [-0.15, -0.1) is 0 Å². The molecule has 0 unspecified atom stereocenters. The van der Waals surface area contributed by atoms with Gasteiger partial charge in [-0.1, -0.05) is 12.2 Å². The average molecular weight is 363 g/mol. The number of methoxy groups -OCH3 is 1. The zero-order valence-corrected chi connectivity index (χ0v) is 13.5. The number of rotatable bonds is 7. The number of carbonyl (C=O) groups excluding carboxylic acids is 1. The maximum atomic E-state index is 13.3. The van der Waals surface area contributed by atoms with Crippen LogP contribution < -0.4 is 5.73 Å². The Balaban J connectivity index is 2.90. The Morgan fingerprint density at radius 3 is 2.80 bits per heavy atom. The fraction of sp³-hybridized carbons (Fsp3) is 0.385. The summed E-state index contributed by atoms with van der Waals surface area (Å²) in [5, 5.41) is 0. The summed E-state index contributed by atoms with van der Waals surface area (Å²) in [5.74, 6) is -0.748. The van der Waals surface area contributed by atoms with Crippen molar-refractivity contribution in [3.05, 3.63) is 34.1 Å². The summed E-state index contributed by atoms with van der Waals surface area (Å²) in [6.07, 6.45) is 0.414. The number of benzene rings is 1. The van der Waals surface area contributed by atoms with Crippen LogP contribution in [0, 0.1) is 5.82 Å². The quantitative estimate of drug-likeness (QED) is 0.756. The van der Waals surface area contributed by atoms with E-state index in [1.807, 2.05) is 0 Å². The van der Waals surface area contributed by atoms with E-state index in [9.17, 15) is 9.18 Å². The topological polar surface area (TPSA) is 55.6 Å². The maximum absolute atomic E-state index is 13.3. The molecule has 1 aromatic rings. The summed E-state index contributed by atoms with van der Waals surface area (Å²) >= 11 is 8.07. The Bertz CT molecular complexity index is 499. The lowest BCUT2D eigenvalue weighted by molar-refractivity contribution is 0.0700. The number of carbonyl (C=O) groups is 1. The molecule has 0 atom stereocenters. The lowest BCUT2D eigenvalue weighted by atomic mass is 10.2. The molecule has 0 aliphatic rings. The Hall–Kier alpha value is -1.05. The first-order valence-electron chi connectivity index (χ1n) is 5.97. The molecule has 0 aromatic heterocycles. The summed E-state index contributed by atoms with van der Waals surface area (Å²) in [7, 11) is 1.55. The number of amides is 1. The summed E-state index contributed by atoms with van der Waals surface area (Å²) in [5.41, 5.74) is 5.72. The van der Waals surface area contributed by atoms with Crippen LogP contribution in [-0.4, -0.2) is 42.6 Å². The second-order valence-corrected chi connectivity index (χ2v) is 5.50. The van der Waals surface area contributed by atoms with E-state index in [1.54, 1.807) is 12.0 Å². The van der Waals surface area contributed by atoms with Crippen LogP contribution in [0.25, 0.3) is 0 Å². The molecular formula is C13H16BrFN2O2S. The summed E-state index contributed by atoms with van der Waals surface area (Å²) < 4.78 is 18.8. The van der Waals surface area contributed by atoms with Crippen LogP contribution in [-0.2, 0) is 4.74 Å². The Labute approximate surface area is 131 Å². The van der Waals surface area contributed by atoms with E-state index < -0.39 is 5.82 Å². The first-order chi connectivity index (χ1) is 9.45. The maximum Gasteiger partial charge on any atom is 0.255 e. The molecular weight excluding hydrogens is 347 g/mol. The van der Waals surface area contributed by atoms with Crippen molar-refractivity contribution in [2.75, 3.05) is 26.8 Å². The van der Waals surface area contributed by atoms with Gasteiger partial charge in [0.15, 0.2) is 0 Å². The summed E-state index contributed by atoms with van der Waals surface area (Å²) in [6.45, 7) is 1.15. The summed E-state index contributed by atoms with van der Waals surface area (Å²) in [4.78, 5) is 14.3. The molecule has 0 spiro atoms. The molecule has 2 N–H and O–H groups in total. The molecule has 0 saturated carbocycles. The Morgan fingerprint density at radius 1 is 1.50 bits per heavy atom. The van der Waals surface area contributed by atoms with E-state index in [2.05, 4.69) is 15.9 Å². The van der Waals surface area contributed by atoms with Gasteiger partial charge >= 0.3 is 0 Å². The van der Waals surface area contributed by atoms with E-state index >= 15 is 0 Å². The van der Waals surface area contributed by atoms with E-state index in [0.29, 0.717) is 35.6 Å². The predicted octanol–water partition coefficient (Wildman–Crippen LogP) is 2.35. The van der Waals surface area contributed by atoms with Crippen LogP contribution in [0.3, 0.4) is 0 Å². The van der Waals surface area contributed by atoms with Crippen molar-refractivity contribution in [1.29, 1.82) is 0 Å². The average Bonchev–Trinajstić information content (AvgIpc) is 2.40. The smallest absolute Gasteiger partial charge is 0.255 e. The number of hydrogen-bond acceptors (Lipinski definition) is 3. The summed E-state index contributed by atoms with van der Waals surface area (Å²) in [6, 6.07) is 3.99. The normalized spacial score (nSPS) is 10.3. The van der Waals surface area contributed by atoms with Gasteiger partial charge in [0.1, 0.15) is 5.82 Å². The third-order valence-electron chi connectivity index (χ3n) is 2.64. The minimum Gasteiger partial charge on any atom is -0.393 e. The number of thiocarbonyl (C=S) groups is 1. The highest BCUT2D eigenvalue weighted by atomic mass is 79.9. The highest BCUT2D eigenvalue weighted by Gasteiger charge is 2.18. The molecule has 4 nitrogen and oxygen atoms in total. The molecule has 0 aliphatic heterocycles. The standard InChI is InChI=1S/C13H16BrFN2O2S/c1-19-7-6-17(5-4-12(16)20)13(18)10-8-9(15)2-3-11(10)14/h2-3,8H,4-7H2,1H3,(H2,16,20). The van der Waals surface area contributed by atoms with E-state index in [0.717, 1.165) is 0 Å². The van der Waals surface area contributed by atoms with Gasteiger partial charge < -0.3 is 15.4 Å². The highest BCUT2D eigenvalue weighted by molar-refractivity contribution is 9.10. The monoisotopic (exact) mass is 362 g/mol. The zero-order chi connectivity index (χ0) is 15.1. The molecule has 0 fully saturated rings. The fourth-order valence-electron chi connectivity index (χ4n) is 1.59. The third-order valence-corrected chi connectivity index (χ3v) is 3.54. The molecule has 0 saturated heterocycles. The minimum atomic E-state index is -0.461. The molecule has 1 aromatic carbocycles. The number of ether oxygens (including phenoxy) is 1. The van der Waals surface area contributed by atoms with Crippen molar-refractivity contribution in [2.45, 2.75) is 6.42 Å². The Morgan fingerprint density at radius 2 is 2.20 bits per heavy atom. The largest absolute Gasteiger partial charge is 0.393 e. The van der Waals surface area contributed by atoms with E-state index in [-0.39, 0.29) is 11.5 Å². The third kappa shape index (κ3) is 5.15.